The molecule has 0 bridgehead atoms. The Labute approximate surface area is 137 Å². The van der Waals surface area contributed by atoms with Crippen molar-refractivity contribution >= 4 is 15.9 Å². The summed E-state index contributed by atoms with van der Waals surface area (Å²) in [5.74, 6) is 0.736. The quantitative estimate of drug-likeness (QED) is 0.842. The van der Waals surface area contributed by atoms with Crippen LogP contribution in [0.2, 0.25) is 0 Å². The molecule has 1 fully saturated rings. The molecule has 1 saturated heterocycles. The summed E-state index contributed by atoms with van der Waals surface area (Å²) in [5.41, 5.74) is 1.17. The van der Waals surface area contributed by atoms with E-state index in [4.69, 9.17) is 0 Å². The van der Waals surface area contributed by atoms with Gasteiger partial charge in [0.05, 0.1) is 5.69 Å². The monoisotopic (exact) mass is 353 g/mol. The highest BCUT2D eigenvalue weighted by Gasteiger charge is 2.28. The second kappa shape index (κ2) is 8.25. The average Bonchev–Trinajstić information content (AvgIpc) is 2.44. The van der Waals surface area contributed by atoms with Crippen molar-refractivity contribution in [1.82, 2.24) is 15.2 Å². The van der Waals surface area contributed by atoms with Gasteiger partial charge >= 0.3 is 0 Å². The molecule has 0 saturated carbocycles. The number of piperazine rings is 1. The Bertz CT molecular complexity index is 419. The van der Waals surface area contributed by atoms with Crippen molar-refractivity contribution in [1.29, 1.82) is 0 Å². The molecule has 0 amide bonds. The summed E-state index contributed by atoms with van der Waals surface area (Å²) in [6.07, 6.45) is 5.66. The van der Waals surface area contributed by atoms with Gasteiger partial charge in [-0.3, -0.25) is 9.88 Å². The minimum absolute atomic E-state index is 0.628. The summed E-state index contributed by atoms with van der Waals surface area (Å²) in [5, 5.41) is 3.73. The van der Waals surface area contributed by atoms with Crippen LogP contribution in [0, 0.1) is 5.92 Å². The normalized spacial score (nSPS) is 23.7. The fourth-order valence-corrected chi connectivity index (χ4v) is 3.38. The van der Waals surface area contributed by atoms with Gasteiger partial charge in [-0.25, -0.2) is 0 Å². The highest BCUT2D eigenvalue weighted by atomic mass is 79.9. The summed E-state index contributed by atoms with van der Waals surface area (Å²) in [6, 6.07) is 5.48. The van der Waals surface area contributed by atoms with E-state index < -0.39 is 0 Å². The van der Waals surface area contributed by atoms with Crippen molar-refractivity contribution in [3.8, 4) is 0 Å². The highest BCUT2D eigenvalue weighted by Crippen LogP contribution is 2.19. The van der Waals surface area contributed by atoms with Crippen LogP contribution in [0.3, 0.4) is 0 Å². The zero-order valence-corrected chi connectivity index (χ0v) is 15.1. The first-order valence-electron chi connectivity index (χ1n) is 8.16. The molecule has 2 rings (SSSR count). The number of rotatable bonds is 6. The topological polar surface area (TPSA) is 28.2 Å². The van der Waals surface area contributed by atoms with Crippen molar-refractivity contribution < 1.29 is 0 Å². The fraction of sp³-hybridized carbons (Fsp3) is 0.706. The number of hydrogen-bond donors (Lipinski definition) is 1. The molecular weight excluding hydrogens is 326 g/mol. The van der Waals surface area contributed by atoms with E-state index in [0.717, 1.165) is 30.0 Å². The third-order valence-corrected chi connectivity index (χ3v) is 4.62. The first kappa shape index (κ1) is 16.9. The van der Waals surface area contributed by atoms with Crippen LogP contribution in [0.5, 0.6) is 0 Å². The Balaban J connectivity index is 2.03. The second-order valence-corrected chi connectivity index (χ2v) is 7.49. The largest absolute Gasteiger partial charge is 0.311 e. The van der Waals surface area contributed by atoms with E-state index in [0.29, 0.717) is 12.1 Å². The minimum Gasteiger partial charge on any atom is -0.311 e. The van der Waals surface area contributed by atoms with Gasteiger partial charge in [0.1, 0.15) is 0 Å². The zero-order chi connectivity index (χ0) is 15.2. The molecule has 3 nitrogen and oxygen atoms in total. The molecule has 0 radical (unpaired) electrons. The summed E-state index contributed by atoms with van der Waals surface area (Å²) >= 11 is 3.46. The summed E-state index contributed by atoms with van der Waals surface area (Å²) in [4.78, 5) is 7.18. The lowest BCUT2D eigenvalue weighted by Crippen LogP contribution is -2.56. The molecule has 2 atom stereocenters. The lowest BCUT2D eigenvalue weighted by Gasteiger charge is -2.41. The van der Waals surface area contributed by atoms with E-state index in [2.05, 4.69) is 64.0 Å². The molecular formula is C17H28BrN3. The highest BCUT2D eigenvalue weighted by molar-refractivity contribution is 9.10. The van der Waals surface area contributed by atoms with Crippen LogP contribution < -0.4 is 5.32 Å². The molecule has 1 aliphatic heterocycles. The number of hydrogen-bond acceptors (Lipinski definition) is 3. The molecule has 1 aliphatic rings. The molecule has 118 valence electrons. The number of halogens is 1. The molecule has 21 heavy (non-hydrogen) atoms. The molecule has 0 spiro atoms. The molecule has 0 aliphatic carbocycles. The maximum absolute atomic E-state index is 4.55. The van der Waals surface area contributed by atoms with Crippen molar-refractivity contribution in [2.45, 2.75) is 58.7 Å². The molecule has 2 heterocycles. The Morgan fingerprint density at radius 3 is 2.86 bits per heavy atom. The van der Waals surface area contributed by atoms with Crippen LogP contribution in [0.1, 0.15) is 45.7 Å². The average molecular weight is 354 g/mol. The predicted octanol–water partition coefficient (Wildman–Crippen LogP) is 3.83. The van der Waals surface area contributed by atoms with Gasteiger partial charge in [-0.05, 0) is 46.8 Å². The van der Waals surface area contributed by atoms with Gasteiger partial charge in [-0.15, -0.1) is 0 Å². The van der Waals surface area contributed by atoms with Crippen molar-refractivity contribution in [2.75, 3.05) is 13.1 Å². The summed E-state index contributed by atoms with van der Waals surface area (Å²) in [7, 11) is 0. The van der Waals surface area contributed by atoms with Crippen LogP contribution in [0.25, 0.3) is 0 Å². The van der Waals surface area contributed by atoms with Crippen LogP contribution in [0.4, 0.5) is 0 Å². The van der Waals surface area contributed by atoms with E-state index in [1.807, 2.05) is 6.20 Å². The first-order valence-corrected chi connectivity index (χ1v) is 8.95. The van der Waals surface area contributed by atoms with Gasteiger partial charge in [0.15, 0.2) is 0 Å². The molecule has 2 unspecified atom stereocenters. The van der Waals surface area contributed by atoms with E-state index in [9.17, 15) is 0 Å². The number of pyridine rings is 1. The Kier molecular flexibility index (Phi) is 6.65. The summed E-state index contributed by atoms with van der Waals surface area (Å²) < 4.78 is 1.05. The fourth-order valence-electron chi connectivity index (χ4n) is 3.15. The van der Waals surface area contributed by atoms with E-state index >= 15 is 0 Å². The van der Waals surface area contributed by atoms with Crippen LogP contribution >= 0.6 is 15.9 Å². The smallest absolute Gasteiger partial charge is 0.0544 e. The molecule has 1 aromatic rings. The molecule has 0 aromatic carbocycles. The van der Waals surface area contributed by atoms with Gasteiger partial charge in [-0.2, -0.15) is 0 Å². The zero-order valence-electron chi connectivity index (χ0n) is 13.5. The number of nitrogens with one attached hydrogen (secondary N) is 1. The van der Waals surface area contributed by atoms with Crippen molar-refractivity contribution in [3.05, 3.63) is 28.5 Å². The van der Waals surface area contributed by atoms with Gasteiger partial charge in [0.2, 0.25) is 0 Å². The molecule has 1 aromatic heterocycles. The molecule has 4 heteroatoms. The van der Waals surface area contributed by atoms with Gasteiger partial charge < -0.3 is 5.32 Å². The molecule has 1 N–H and O–H groups in total. The third-order valence-electron chi connectivity index (χ3n) is 4.15. The summed E-state index contributed by atoms with van der Waals surface area (Å²) in [6.45, 7) is 10.1. The Morgan fingerprint density at radius 2 is 2.24 bits per heavy atom. The maximum Gasteiger partial charge on any atom is 0.0544 e. The van der Waals surface area contributed by atoms with E-state index in [1.165, 1.54) is 25.0 Å². The van der Waals surface area contributed by atoms with E-state index in [1.54, 1.807) is 0 Å². The van der Waals surface area contributed by atoms with Gasteiger partial charge in [0.25, 0.3) is 0 Å². The Hall–Kier alpha value is -0.450. The standard InChI is InChI=1S/C17H28BrN3/c1-4-5-15-11-21(17(10-20-15)8-13(2)3)12-16-7-6-14(18)9-19-16/h6-7,9,13,15,17,20H,4-5,8,10-12H2,1-3H3. The maximum atomic E-state index is 4.55. The van der Waals surface area contributed by atoms with Crippen LogP contribution in [-0.2, 0) is 6.54 Å². The van der Waals surface area contributed by atoms with Crippen molar-refractivity contribution in [2.24, 2.45) is 5.92 Å². The Morgan fingerprint density at radius 1 is 1.43 bits per heavy atom. The first-order chi connectivity index (χ1) is 10.1. The van der Waals surface area contributed by atoms with Gasteiger partial charge in [0, 0.05) is 42.4 Å². The number of nitrogens with zero attached hydrogens (tertiary/aromatic N) is 2. The second-order valence-electron chi connectivity index (χ2n) is 6.57. The van der Waals surface area contributed by atoms with Crippen LogP contribution in [-0.4, -0.2) is 35.1 Å². The lowest BCUT2D eigenvalue weighted by molar-refractivity contribution is 0.102. The van der Waals surface area contributed by atoms with Crippen molar-refractivity contribution in [3.63, 3.8) is 0 Å². The predicted molar refractivity (Wildman–Crippen MR) is 92.3 cm³/mol. The number of aromatic nitrogens is 1. The SMILES string of the molecule is CCCC1CN(Cc2ccc(Br)cn2)C(CC(C)C)CN1. The lowest BCUT2D eigenvalue weighted by atomic mass is 9.97. The van der Waals surface area contributed by atoms with Gasteiger partial charge in [-0.1, -0.05) is 27.2 Å². The van der Waals surface area contributed by atoms with E-state index in [-0.39, 0.29) is 0 Å². The third kappa shape index (κ3) is 5.35. The minimum atomic E-state index is 0.628. The van der Waals surface area contributed by atoms with Crippen LogP contribution in [0.15, 0.2) is 22.8 Å².